The molecule has 15 heteroatoms. The first-order chi connectivity index (χ1) is 13.3. The Kier molecular flexibility index (Phi) is 12.5. The first kappa shape index (κ1) is 31.1. The second-order valence-corrected chi connectivity index (χ2v) is 7.57. The Balaban J connectivity index is 0. The van der Waals surface area contributed by atoms with Gasteiger partial charge in [-0.1, -0.05) is 31.8 Å². The van der Waals surface area contributed by atoms with Crippen molar-refractivity contribution < 1.29 is 56.9 Å². The van der Waals surface area contributed by atoms with Gasteiger partial charge in [0.2, 0.25) is 0 Å². The van der Waals surface area contributed by atoms with Crippen molar-refractivity contribution in [2.75, 3.05) is 6.54 Å². The van der Waals surface area contributed by atoms with E-state index in [0.717, 1.165) is 0 Å². The number of nitrogens with two attached hydrogens (primary N) is 1. The summed E-state index contributed by atoms with van der Waals surface area (Å²) in [5.74, 6) is -12.8. The van der Waals surface area contributed by atoms with E-state index in [1.165, 1.54) is 0 Å². The average molecular weight is 487 g/mol. The van der Waals surface area contributed by atoms with Crippen LogP contribution in [-0.4, -0.2) is 49.0 Å². The van der Waals surface area contributed by atoms with Crippen LogP contribution < -0.4 is 5.73 Å². The molecule has 30 heavy (non-hydrogen) atoms. The lowest BCUT2D eigenvalue weighted by Gasteiger charge is -2.32. The normalized spacial score (nSPS) is 14.7. The minimum atomic E-state index is -6.95. The van der Waals surface area contributed by atoms with E-state index in [1.807, 2.05) is 0 Å². The highest BCUT2D eigenvalue weighted by atomic mass is 32.2. The average Bonchev–Trinajstić information content (AvgIpc) is 2.58. The molecule has 0 aromatic carbocycles. The molecule has 0 spiro atoms. The fourth-order valence-corrected chi connectivity index (χ4v) is 2.37. The van der Waals surface area contributed by atoms with Gasteiger partial charge >= 0.3 is 33.4 Å². The van der Waals surface area contributed by atoms with Crippen LogP contribution in [0.15, 0.2) is 12.7 Å². The Morgan fingerprint density at radius 1 is 0.900 bits per heavy atom. The van der Waals surface area contributed by atoms with Gasteiger partial charge in [-0.3, -0.25) is 4.55 Å². The third kappa shape index (κ3) is 9.37. The SMILES string of the molecule is C=CCN.O=S(=O)(O)C(F)(F)C(F)(F)C(F)(F)C(F)CCCCCCCC(F)(F)F. The van der Waals surface area contributed by atoms with E-state index in [9.17, 15) is 52.3 Å². The highest BCUT2D eigenvalue weighted by Crippen LogP contribution is 2.50. The molecule has 0 heterocycles. The highest BCUT2D eigenvalue weighted by molar-refractivity contribution is 7.87. The van der Waals surface area contributed by atoms with Crippen molar-refractivity contribution in [3.05, 3.63) is 12.7 Å². The van der Waals surface area contributed by atoms with Crippen LogP contribution >= 0.6 is 0 Å². The molecule has 0 aromatic rings. The van der Waals surface area contributed by atoms with Crippen LogP contribution in [0.1, 0.15) is 44.9 Å². The van der Waals surface area contributed by atoms with Crippen molar-refractivity contribution in [1.82, 2.24) is 0 Å². The number of alkyl halides is 10. The van der Waals surface area contributed by atoms with Gasteiger partial charge in [-0.2, -0.15) is 47.9 Å². The van der Waals surface area contributed by atoms with Crippen LogP contribution in [0.4, 0.5) is 43.9 Å². The summed E-state index contributed by atoms with van der Waals surface area (Å²) in [5, 5.41) is -6.62. The second-order valence-electron chi connectivity index (χ2n) is 6.10. The predicted octanol–water partition coefficient (Wildman–Crippen LogP) is 5.50. The molecule has 0 aliphatic rings. The van der Waals surface area contributed by atoms with Gasteiger partial charge in [0.1, 0.15) is 0 Å². The van der Waals surface area contributed by atoms with E-state index < -0.39 is 58.8 Å². The summed E-state index contributed by atoms with van der Waals surface area (Å²) in [4.78, 5) is 0. The lowest BCUT2D eigenvalue weighted by Crippen LogP contribution is -2.61. The minimum Gasteiger partial charge on any atom is -0.327 e. The summed E-state index contributed by atoms with van der Waals surface area (Å²) in [6, 6.07) is 0. The molecule has 0 rings (SSSR count). The van der Waals surface area contributed by atoms with Crippen molar-refractivity contribution in [1.29, 1.82) is 0 Å². The van der Waals surface area contributed by atoms with Gasteiger partial charge in [-0.15, -0.1) is 6.58 Å². The van der Waals surface area contributed by atoms with Crippen LogP contribution in [0.25, 0.3) is 0 Å². The maximum atomic E-state index is 13.3. The quantitative estimate of drug-likeness (QED) is 0.165. The Bertz CT molecular complexity index is 608. The minimum absolute atomic E-state index is 0.00381. The summed E-state index contributed by atoms with van der Waals surface area (Å²) < 4.78 is 156. The van der Waals surface area contributed by atoms with Gasteiger partial charge in [-0.25, -0.2) is 4.39 Å². The lowest BCUT2D eigenvalue weighted by atomic mass is 10.0. The zero-order valence-electron chi connectivity index (χ0n) is 15.5. The van der Waals surface area contributed by atoms with Crippen molar-refractivity contribution >= 4 is 10.1 Å². The number of unbranched alkanes of at least 4 members (excludes halogenated alkanes) is 4. The molecule has 0 saturated heterocycles. The molecule has 0 saturated carbocycles. The standard InChI is InChI=1S/C12H16F10O3S.C3H7N/c13-8(6-4-2-1-3-5-7-9(14,15)16)10(17,18)11(19,20)12(21,22)26(23,24)25;1-2-3-4/h8H,1-7H2,(H,23,24,25);2H,1,3-4H2. The maximum Gasteiger partial charge on any atom is 0.438 e. The van der Waals surface area contributed by atoms with Gasteiger partial charge in [-0.05, 0) is 12.8 Å². The highest BCUT2D eigenvalue weighted by Gasteiger charge is 2.79. The summed E-state index contributed by atoms with van der Waals surface area (Å²) >= 11 is 0. The molecule has 0 fully saturated rings. The Morgan fingerprint density at radius 2 is 1.30 bits per heavy atom. The molecule has 0 bridgehead atoms. The Labute approximate surface area is 167 Å². The van der Waals surface area contributed by atoms with E-state index >= 15 is 0 Å². The zero-order valence-corrected chi connectivity index (χ0v) is 16.4. The van der Waals surface area contributed by atoms with Crippen molar-refractivity contribution in [3.8, 4) is 0 Å². The fourth-order valence-electron chi connectivity index (χ4n) is 1.91. The van der Waals surface area contributed by atoms with Gasteiger partial charge in [0.15, 0.2) is 6.17 Å². The van der Waals surface area contributed by atoms with E-state index in [0.29, 0.717) is 6.54 Å². The first-order valence-corrected chi connectivity index (χ1v) is 9.85. The topological polar surface area (TPSA) is 80.4 Å². The van der Waals surface area contributed by atoms with Crippen molar-refractivity contribution in [2.45, 2.75) is 74.4 Å². The molecule has 0 amide bonds. The van der Waals surface area contributed by atoms with E-state index in [-0.39, 0.29) is 25.7 Å². The molecular formula is C15H23F10NO3S. The predicted molar refractivity (Wildman–Crippen MR) is 88.9 cm³/mol. The lowest BCUT2D eigenvalue weighted by molar-refractivity contribution is -0.300. The van der Waals surface area contributed by atoms with Crippen LogP contribution in [-0.2, 0) is 10.1 Å². The monoisotopic (exact) mass is 487 g/mol. The summed E-state index contributed by atoms with van der Waals surface area (Å²) in [6.45, 7) is 3.94. The molecule has 1 atom stereocenters. The van der Waals surface area contributed by atoms with Gasteiger partial charge in [0, 0.05) is 13.0 Å². The van der Waals surface area contributed by atoms with Crippen LogP contribution in [0.3, 0.4) is 0 Å². The fraction of sp³-hybridized carbons (Fsp3) is 0.867. The molecule has 0 aliphatic carbocycles. The van der Waals surface area contributed by atoms with E-state index in [1.54, 1.807) is 6.08 Å². The molecule has 0 radical (unpaired) electrons. The molecule has 1 unspecified atom stereocenters. The van der Waals surface area contributed by atoms with Crippen molar-refractivity contribution in [3.63, 3.8) is 0 Å². The van der Waals surface area contributed by atoms with Gasteiger partial charge in [0.05, 0.1) is 0 Å². The number of rotatable bonds is 12. The summed E-state index contributed by atoms with van der Waals surface area (Å²) in [7, 11) is -6.95. The Morgan fingerprint density at radius 3 is 1.67 bits per heavy atom. The largest absolute Gasteiger partial charge is 0.438 e. The smallest absolute Gasteiger partial charge is 0.327 e. The van der Waals surface area contributed by atoms with E-state index in [2.05, 4.69) is 6.58 Å². The molecule has 182 valence electrons. The molecule has 3 N–H and O–H groups in total. The van der Waals surface area contributed by atoms with Crippen molar-refractivity contribution in [2.24, 2.45) is 5.73 Å². The molecule has 0 aromatic heterocycles. The number of hydrogen-bond acceptors (Lipinski definition) is 3. The first-order valence-electron chi connectivity index (χ1n) is 8.41. The van der Waals surface area contributed by atoms with Gasteiger partial charge in [0.25, 0.3) is 0 Å². The summed E-state index contributed by atoms with van der Waals surface area (Å²) in [6.07, 6.45) is -9.94. The van der Waals surface area contributed by atoms with E-state index in [4.69, 9.17) is 10.3 Å². The van der Waals surface area contributed by atoms with Crippen LogP contribution in [0.2, 0.25) is 0 Å². The molecular weight excluding hydrogens is 464 g/mol. The van der Waals surface area contributed by atoms with Crippen LogP contribution in [0.5, 0.6) is 0 Å². The third-order valence-corrected chi connectivity index (χ3v) is 4.49. The number of hydrogen-bond donors (Lipinski definition) is 2. The number of halogens is 10. The second kappa shape index (κ2) is 12.1. The molecule has 4 nitrogen and oxygen atoms in total. The third-order valence-electron chi connectivity index (χ3n) is 3.59. The Hall–Kier alpha value is -1.09. The molecule has 0 aliphatic heterocycles. The van der Waals surface area contributed by atoms with Gasteiger partial charge < -0.3 is 5.73 Å². The zero-order chi connectivity index (χ0) is 24.4. The maximum absolute atomic E-state index is 13.3. The summed E-state index contributed by atoms with van der Waals surface area (Å²) in [5.41, 5.74) is 4.91. The van der Waals surface area contributed by atoms with Crippen LogP contribution in [0, 0.1) is 0 Å².